The first-order chi connectivity index (χ1) is 8.81. The molecule has 1 aromatic carbocycles. The van der Waals surface area contributed by atoms with Gasteiger partial charge in [-0.05, 0) is 19.4 Å². The van der Waals surface area contributed by atoms with Gasteiger partial charge in [0.15, 0.2) is 5.85 Å². The molecule has 0 saturated heterocycles. The zero-order valence-electron chi connectivity index (χ0n) is 11.2. The molecule has 0 aliphatic carbocycles. The third kappa shape index (κ3) is 4.28. The molecular formula is C12H18Cl2NO3P. The van der Waals surface area contributed by atoms with Gasteiger partial charge in [0.2, 0.25) is 7.37 Å². The van der Waals surface area contributed by atoms with Crippen molar-refractivity contribution in [2.24, 2.45) is 0 Å². The molecule has 0 amide bonds. The number of nitrogens with two attached hydrogens (primary N) is 1. The van der Waals surface area contributed by atoms with Gasteiger partial charge in [-0.25, -0.2) is 0 Å². The Morgan fingerprint density at radius 2 is 1.95 bits per heavy atom. The fourth-order valence-electron chi connectivity index (χ4n) is 1.63. The van der Waals surface area contributed by atoms with E-state index in [2.05, 4.69) is 0 Å². The lowest BCUT2D eigenvalue weighted by molar-refractivity contribution is 0.229. The first-order valence-corrected chi connectivity index (χ1v) is 8.84. The molecule has 0 aliphatic heterocycles. The van der Waals surface area contributed by atoms with E-state index in [0.29, 0.717) is 34.5 Å². The van der Waals surface area contributed by atoms with E-state index >= 15 is 0 Å². The van der Waals surface area contributed by atoms with E-state index in [1.807, 2.05) is 6.92 Å². The predicted molar refractivity (Wildman–Crippen MR) is 80.7 cm³/mol. The van der Waals surface area contributed by atoms with Gasteiger partial charge in [-0.3, -0.25) is 4.57 Å². The number of hydrogen-bond donors (Lipinski definition) is 1. The summed E-state index contributed by atoms with van der Waals surface area (Å²) in [5, 5.41) is 0.684. The molecule has 0 radical (unpaired) electrons. The van der Waals surface area contributed by atoms with Crippen LogP contribution in [-0.2, 0) is 9.09 Å². The summed E-state index contributed by atoms with van der Waals surface area (Å²) in [6.45, 7) is 5.57. The number of ether oxygens (including phenoxy) is 1. The number of hydrogen-bond acceptors (Lipinski definition) is 4. The summed E-state index contributed by atoms with van der Waals surface area (Å²) in [5.41, 5.74) is 6.06. The van der Waals surface area contributed by atoms with E-state index in [0.717, 1.165) is 0 Å². The van der Waals surface area contributed by atoms with Crippen LogP contribution in [0.25, 0.3) is 0 Å². The van der Waals surface area contributed by atoms with Gasteiger partial charge in [0.05, 0.1) is 22.3 Å². The van der Waals surface area contributed by atoms with Crippen molar-refractivity contribution in [1.82, 2.24) is 0 Å². The standard InChI is InChI=1S/C12H18Cl2NO3P/c1-4-12(19(3,16)17-5-2)18-11-7-10(15)8(13)6-9(11)14/h6-7,12H,4-5,15H2,1-3H3. The van der Waals surface area contributed by atoms with Crippen LogP contribution in [0.3, 0.4) is 0 Å². The number of nitrogen functional groups attached to an aromatic ring is 1. The summed E-state index contributed by atoms with van der Waals surface area (Å²) in [4.78, 5) is 0. The molecule has 0 bridgehead atoms. The maximum Gasteiger partial charge on any atom is 0.239 e. The molecule has 19 heavy (non-hydrogen) atoms. The third-order valence-corrected chi connectivity index (χ3v) is 5.48. The number of rotatable bonds is 6. The minimum absolute atomic E-state index is 0.328. The first-order valence-electron chi connectivity index (χ1n) is 5.94. The Morgan fingerprint density at radius 1 is 1.32 bits per heavy atom. The predicted octanol–water partition coefficient (Wildman–Crippen LogP) is 4.63. The number of halogens is 2. The molecule has 0 aliphatic rings. The van der Waals surface area contributed by atoms with Gasteiger partial charge < -0.3 is 15.0 Å². The van der Waals surface area contributed by atoms with Gasteiger partial charge >= 0.3 is 0 Å². The summed E-state index contributed by atoms with van der Waals surface area (Å²) in [6.07, 6.45) is 0.534. The Hall–Kier alpha value is -0.410. The first kappa shape index (κ1) is 16.6. The molecule has 0 fully saturated rings. The van der Waals surface area contributed by atoms with E-state index < -0.39 is 13.2 Å². The minimum Gasteiger partial charge on any atom is -0.479 e. The van der Waals surface area contributed by atoms with Gasteiger partial charge in [-0.15, -0.1) is 0 Å². The summed E-state index contributed by atoms with van der Waals surface area (Å²) in [7, 11) is -2.87. The van der Waals surface area contributed by atoms with Gasteiger partial charge in [0.25, 0.3) is 0 Å². The van der Waals surface area contributed by atoms with Crippen molar-refractivity contribution in [2.75, 3.05) is 19.0 Å². The topological polar surface area (TPSA) is 61.5 Å². The van der Waals surface area contributed by atoms with E-state index in [4.69, 9.17) is 38.2 Å². The number of anilines is 1. The van der Waals surface area contributed by atoms with E-state index in [1.54, 1.807) is 13.6 Å². The highest BCUT2D eigenvalue weighted by molar-refractivity contribution is 7.58. The quantitative estimate of drug-likeness (QED) is 0.611. The number of benzene rings is 1. The molecule has 2 unspecified atom stereocenters. The van der Waals surface area contributed by atoms with Gasteiger partial charge in [-0.2, -0.15) is 0 Å². The molecule has 0 saturated carbocycles. The molecule has 0 aromatic heterocycles. The Balaban J connectivity index is 2.99. The smallest absolute Gasteiger partial charge is 0.239 e. The zero-order valence-corrected chi connectivity index (χ0v) is 13.6. The molecular weight excluding hydrogens is 308 g/mol. The maximum absolute atomic E-state index is 12.4. The highest BCUT2D eigenvalue weighted by atomic mass is 35.5. The van der Waals surface area contributed by atoms with Crippen LogP contribution in [0.5, 0.6) is 5.75 Å². The molecule has 2 atom stereocenters. The highest BCUT2D eigenvalue weighted by Crippen LogP contribution is 2.50. The third-order valence-electron chi connectivity index (χ3n) is 2.57. The minimum atomic E-state index is -2.87. The van der Waals surface area contributed by atoms with Crippen LogP contribution < -0.4 is 10.5 Å². The summed E-state index contributed by atoms with van der Waals surface area (Å²) in [6, 6.07) is 3.03. The van der Waals surface area contributed by atoms with Crippen molar-refractivity contribution in [2.45, 2.75) is 26.1 Å². The second-order valence-electron chi connectivity index (χ2n) is 4.11. The average molecular weight is 326 g/mol. The van der Waals surface area contributed by atoms with Crippen LogP contribution in [0, 0.1) is 0 Å². The molecule has 0 spiro atoms. The Labute approximate surface area is 123 Å². The van der Waals surface area contributed by atoms with E-state index in [-0.39, 0.29) is 0 Å². The molecule has 1 aromatic rings. The fourth-order valence-corrected chi connectivity index (χ4v) is 3.71. The van der Waals surface area contributed by atoms with Crippen molar-refractivity contribution in [3.63, 3.8) is 0 Å². The lowest BCUT2D eigenvalue weighted by Crippen LogP contribution is -2.17. The van der Waals surface area contributed by atoms with Crippen LogP contribution >= 0.6 is 30.6 Å². The fraction of sp³-hybridized carbons (Fsp3) is 0.500. The lowest BCUT2D eigenvalue weighted by Gasteiger charge is -2.24. The molecule has 1 rings (SSSR count). The van der Waals surface area contributed by atoms with Gasteiger partial charge in [-0.1, -0.05) is 30.1 Å². The normalized spacial score (nSPS) is 15.8. The van der Waals surface area contributed by atoms with Crippen LogP contribution in [0.4, 0.5) is 5.69 Å². The van der Waals surface area contributed by atoms with Crippen LogP contribution in [-0.4, -0.2) is 19.1 Å². The molecule has 108 valence electrons. The van der Waals surface area contributed by atoms with Crippen LogP contribution in [0.15, 0.2) is 12.1 Å². The van der Waals surface area contributed by atoms with Gasteiger partial charge in [0, 0.05) is 12.7 Å². The highest BCUT2D eigenvalue weighted by Gasteiger charge is 2.30. The lowest BCUT2D eigenvalue weighted by atomic mass is 10.3. The van der Waals surface area contributed by atoms with Crippen LogP contribution in [0.1, 0.15) is 20.3 Å². The Morgan fingerprint density at radius 3 is 2.47 bits per heavy atom. The molecule has 0 heterocycles. The van der Waals surface area contributed by atoms with E-state index in [1.165, 1.54) is 12.1 Å². The molecule has 2 N–H and O–H groups in total. The van der Waals surface area contributed by atoms with E-state index in [9.17, 15) is 4.57 Å². The largest absolute Gasteiger partial charge is 0.479 e. The molecule has 7 heteroatoms. The van der Waals surface area contributed by atoms with Gasteiger partial charge in [0.1, 0.15) is 5.75 Å². The zero-order chi connectivity index (χ0) is 14.6. The van der Waals surface area contributed by atoms with Crippen molar-refractivity contribution >= 4 is 36.3 Å². The van der Waals surface area contributed by atoms with Crippen molar-refractivity contribution in [1.29, 1.82) is 0 Å². The Kier molecular flexibility index (Phi) is 6.00. The summed E-state index contributed by atoms with van der Waals surface area (Å²) >= 11 is 11.9. The summed E-state index contributed by atoms with van der Waals surface area (Å²) in [5.74, 6) is -0.206. The van der Waals surface area contributed by atoms with Crippen molar-refractivity contribution in [3.8, 4) is 5.75 Å². The van der Waals surface area contributed by atoms with Crippen LogP contribution in [0.2, 0.25) is 10.0 Å². The van der Waals surface area contributed by atoms with Crippen molar-refractivity contribution < 1.29 is 13.8 Å². The maximum atomic E-state index is 12.4. The second-order valence-corrected chi connectivity index (χ2v) is 7.58. The summed E-state index contributed by atoms with van der Waals surface area (Å²) < 4.78 is 23.3. The molecule has 4 nitrogen and oxygen atoms in total. The van der Waals surface area contributed by atoms with Crippen molar-refractivity contribution in [3.05, 3.63) is 22.2 Å². The SMILES string of the molecule is CCOP(C)(=O)C(CC)Oc1cc(N)c(Cl)cc1Cl. The average Bonchev–Trinajstić information content (AvgIpc) is 2.31. The Bertz CT molecular complexity index is 496. The monoisotopic (exact) mass is 325 g/mol. The second kappa shape index (κ2) is 6.85.